The number of anilines is 1. The fourth-order valence-corrected chi connectivity index (χ4v) is 2.39. The highest BCUT2D eigenvalue weighted by molar-refractivity contribution is 5.35. The molecule has 0 amide bonds. The maximum atomic E-state index is 11.9. The molecule has 5 nitrogen and oxygen atoms in total. The number of aliphatic hydroxyl groups excluding tert-OH is 1. The largest absolute Gasteiger partial charge is 0.394 e. The molecule has 0 bridgehead atoms. The molecule has 0 aliphatic heterocycles. The van der Waals surface area contributed by atoms with Gasteiger partial charge < -0.3 is 15.0 Å². The van der Waals surface area contributed by atoms with Crippen molar-refractivity contribution in [3.63, 3.8) is 0 Å². The van der Waals surface area contributed by atoms with Gasteiger partial charge in [0.05, 0.1) is 12.1 Å². The van der Waals surface area contributed by atoms with Crippen LogP contribution in [-0.4, -0.2) is 26.8 Å². The molecule has 94 valence electrons. The van der Waals surface area contributed by atoms with Gasteiger partial charge in [0.25, 0.3) is 5.56 Å². The Morgan fingerprint density at radius 1 is 1.47 bits per heavy atom. The second-order valence-electron chi connectivity index (χ2n) is 4.82. The monoisotopic (exact) mass is 237 g/mol. The van der Waals surface area contributed by atoms with E-state index in [-0.39, 0.29) is 17.7 Å². The zero-order valence-corrected chi connectivity index (χ0v) is 10.1. The molecule has 0 aromatic carbocycles. The number of rotatable bonds is 3. The molecule has 1 fully saturated rings. The fraction of sp³-hybridized carbons (Fsp3) is 0.667. The molecule has 1 aromatic heterocycles. The molecular weight excluding hydrogens is 218 g/mol. The normalized spacial score (nSPS) is 18.9. The highest BCUT2D eigenvalue weighted by Gasteiger charge is 2.32. The van der Waals surface area contributed by atoms with Crippen LogP contribution in [0.4, 0.5) is 5.82 Å². The van der Waals surface area contributed by atoms with Gasteiger partial charge in [-0.1, -0.05) is 19.3 Å². The van der Waals surface area contributed by atoms with E-state index in [1.54, 1.807) is 19.4 Å². The topological polar surface area (TPSA) is 67.2 Å². The van der Waals surface area contributed by atoms with Crippen molar-refractivity contribution in [1.29, 1.82) is 0 Å². The van der Waals surface area contributed by atoms with Gasteiger partial charge in [0.1, 0.15) is 0 Å². The number of aryl methyl sites for hydroxylation is 1. The van der Waals surface area contributed by atoms with Crippen molar-refractivity contribution in [3.8, 4) is 0 Å². The van der Waals surface area contributed by atoms with Crippen LogP contribution >= 0.6 is 0 Å². The van der Waals surface area contributed by atoms with E-state index < -0.39 is 0 Å². The standard InChI is InChI=1S/C12H19N3O2/c1-15-8-7-13-10(11(15)17)14-12(9-16)5-3-2-4-6-12/h7-8,16H,2-6,9H2,1H3,(H,13,14). The molecule has 2 N–H and O–H groups in total. The number of hydrogen-bond donors (Lipinski definition) is 2. The Balaban J connectivity index is 2.23. The van der Waals surface area contributed by atoms with Gasteiger partial charge in [-0.3, -0.25) is 4.79 Å². The number of hydrogen-bond acceptors (Lipinski definition) is 4. The van der Waals surface area contributed by atoms with Crippen molar-refractivity contribution >= 4 is 5.82 Å². The zero-order chi connectivity index (χ0) is 12.3. The minimum Gasteiger partial charge on any atom is -0.394 e. The van der Waals surface area contributed by atoms with E-state index in [0.717, 1.165) is 25.7 Å². The summed E-state index contributed by atoms with van der Waals surface area (Å²) in [5.41, 5.74) is -0.510. The summed E-state index contributed by atoms with van der Waals surface area (Å²) in [5.74, 6) is 0.339. The maximum Gasteiger partial charge on any atom is 0.293 e. The van der Waals surface area contributed by atoms with Crippen LogP contribution in [0.1, 0.15) is 32.1 Å². The molecule has 0 spiro atoms. The SMILES string of the molecule is Cn1ccnc(NC2(CO)CCCCC2)c1=O. The highest BCUT2D eigenvalue weighted by Crippen LogP contribution is 2.29. The van der Waals surface area contributed by atoms with Crippen LogP contribution in [0.15, 0.2) is 17.2 Å². The van der Waals surface area contributed by atoms with E-state index in [0.29, 0.717) is 5.82 Å². The summed E-state index contributed by atoms with van der Waals surface area (Å²) in [5, 5.41) is 12.7. The minimum absolute atomic E-state index is 0.0483. The van der Waals surface area contributed by atoms with E-state index in [2.05, 4.69) is 10.3 Å². The quantitative estimate of drug-likeness (QED) is 0.819. The van der Waals surface area contributed by atoms with E-state index in [1.807, 2.05) is 0 Å². The average Bonchev–Trinajstić information content (AvgIpc) is 2.36. The number of nitrogens with zero attached hydrogens (tertiary/aromatic N) is 2. The second-order valence-corrected chi connectivity index (χ2v) is 4.82. The number of aliphatic hydroxyl groups is 1. The molecule has 0 atom stereocenters. The minimum atomic E-state index is -0.362. The third-order valence-corrected chi connectivity index (χ3v) is 3.51. The van der Waals surface area contributed by atoms with Gasteiger partial charge in [-0.2, -0.15) is 0 Å². The van der Waals surface area contributed by atoms with Crippen molar-refractivity contribution in [2.45, 2.75) is 37.6 Å². The summed E-state index contributed by atoms with van der Waals surface area (Å²) in [6, 6.07) is 0. The van der Waals surface area contributed by atoms with Crippen molar-refractivity contribution in [1.82, 2.24) is 9.55 Å². The van der Waals surface area contributed by atoms with Crippen LogP contribution in [0, 0.1) is 0 Å². The summed E-state index contributed by atoms with van der Waals surface area (Å²) in [4.78, 5) is 15.9. The molecule has 0 radical (unpaired) electrons. The first-order chi connectivity index (χ1) is 8.17. The highest BCUT2D eigenvalue weighted by atomic mass is 16.3. The van der Waals surface area contributed by atoms with E-state index in [4.69, 9.17) is 0 Å². The molecule has 5 heteroatoms. The lowest BCUT2D eigenvalue weighted by Crippen LogP contribution is -2.45. The first kappa shape index (κ1) is 12.1. The van der Waals surface area contributed by atoms with Gasteiger partial charge in [0, 0.05) is 19.4 Å². The van der Waals surface area contributed by atoms with Gasteiger partial charge in [-0.25, -0.2) is 4.98 Å². The molecule has 1 saturated carbocycles. The molecule has 0 saturated heterocycles. The molecule has 0 unspecified atom stereocenters. The molecular formula is C12H19N3O2. The Labute approximate surface area is 100 Å². The summed E-state index contributed by atoms with van der Waals surface area (Å²) in [7, 11) is 1.70. The average molecular weight is 237 g/mol. The van der Waals surface area contributed by atoms with Gasteiger partial charge in [0.15, 0.2) is 5.82 Å². The van der Waals surface area contributed by atoms with Gasteiger partial charge in [-0.05, 0) is 12.8 Å². The Morgan fingerprint density at radius 2 is 2.18 bits per heavy atom. The van der Waals surface area contributed by atoms with Crippen molar-refractivity contribution in [2.24, 2.45) is 7.05 Å². The third kappa shape index (κ3) is 2.49. The fourth-order valence-electron chi connectivity index (χ4n) is 2.39. The molecule has 17 heavy (non-hydrogen) atoms. The van der Waals surface area contributed by atoms with Crippen LogP contribution in [-0.2, 0) is 7.05 Å². The molecule has 2 rings (SSSR count). The van der Waals surface area contributed by atoms with Gasteiger partial charge in [-0.15, -0.1) is 0 Å². The van der Waals surface area contributed by atoms with E-state index in [9.17, 15) is 9.90 Å². The Bertz CT molecular complexity index is 436. The van der Waals surface area contributed by atoms with E-state index >= 15 is 0 Å². The van der Waals surface area contributed by atoms with Crippen LogP contribution in [0.25, 0.3) is 0 Å². The third-order valence-electron chi connectivity index (χ3n) is 3.51. The predicted molar refractivity (Wildman–Crippen MR) is 66.0 cm³/mol. The molecule has 1 aromatic rings. The Kier molecular flexibility index (Phi) is 3.47. The van der Waals surface area contributed by atoms with Crippen LogP contribution in [0.5, 0.6) is 0 Å². The molecule has 1 heterocycles. The van der Waals surface area contributed by atoms with Crippen LogP contribution in [0.3, 0.4) is 0 Å². The lowest BCUT2D eigenvalue weighted by molar-refractivity contribution is 0.172. The molecule has 1 aliphatic rings. The van der Waals surface area contributed by atoms with E-state index in [1.165, 1.54) is 11.0 Å². The summed E-state index contributed by atoms with van der Waals surface area (Å²) >= 11 is 0. The smallest absolute Gasteiger partial charge is 0.293 e. The summed E-state index contributed by atoms with van der Waals surface area (Å²) in [6.45, 7) is 0.0483. The van der Waals surface area contributed by atoms with Gasteiger partial charge >= 0.3 is 0 Å². The first-order valence-corrected chi connectivity index (χ1v) is 6.08. The Morgan fingerprint density at radius 3 is 2.82 bits per heavy atom. The van der Waals surface area contributed by atoms with Crippen LogP contribution in [0.2, 0.25) is 0 Å². The summed E-state index contributed by atoms with van der Waals surface area (Å²) in [6.07, 6.45) is 8.37. The number of nitrogens with one attached hydrogen (secondary N) is 1. The van der Waals surface area contributed by atoms with Crippen molar-refractivity contribution in [3.05, 3.63) is 22.7 Å². The lowest BCUT2D eigenvalue weighted by atomic mass is 9.82. The number of aromatic nitrogens is 2. The predicted octanol–water partition coefficient (Wildman–Crippen LogP) is 0.887. The van der Waals surface area contributed by atoms with Crippen molar-refractivity contribution in [2.75, 3.05) is 11.9 Å². The zero-order valence-electron chi connectivity index (χ0n) is 10.1. The van der Waals surface area contributed by atoms with Crippen LogP contribution < -0.4 is 10.9 Å². The Hall–Kier alpha value is -1.36. The summed E-state index contributed by atoms with van der Waals surface area (Å²) < 4.78 is 1.49. The first-order valence-electron chi connectivity index (χ1n) is 6.08. The van der Waals surface area contributed by atoms with Gasteiger partial charge in [0.2, 0.25) is 0 Å². The van der Waals surface area contributed by atoms with Crippen molar-refractivity contribution < 1.29 is 5.11 Å². The molecule has 1 aliphatic carbocycles. The maximum absolute atomic E-state index is 11.9. The second kappa shape index (κ2) is 4.87. The lowest BCUT2D eigenvalue weighted by Gasteiger charge is -2.36.